The monoisotopic (exact) mass is 482 g/mol. The van der Waals surface area contributed by atoms with E-state index in [9.17, 15) is 9.18 Å². The number of rotatable bonds is 6. The van der Waals surface area contributed by atoms with Gasteiger partial charge in [-0.25, -0.2) is 9.37 Å². The molecule has 6 heteroatoms. The second-order valence-corrected chi connectivity index (χ2v) is 9.35. The van der Waals surface area contributed by atoms with Crippen molar-refractivity contribution >= 4 is 11.4 Å². The van der Waals surface area contributed by atoms with E-state index in [-0.39, 0.29) is 11.6 Å². The van der Waals surface area contributed by atoms with Crippen LogP contribution < -0.4 is 5.32 Å². The van der Waals surface area contributed by atoms with Gasteiger partial charge in [-0.1, -0.05) is 27.2 Å². The predicted octanol–water partition coefficient (Wildman–Crippen LogP) is 6.53. The minimum atomic E-state index is -0.243. The number of carbonyl (C=O) groups excluding carboxylic acids is 1. The van der Waals surface area contributed by atoms with Crippen LogP contribution in [0.5, 0.6) is 0 Å². The van der Waals surface area contributed by atoms with Gasteiger partial charge in [0.05, 0.1) is 5.69 Å². The number of nitrogens with zero attached hydrogens (tertiary/aromatic N) is 3. The van der Waals surface area contributed by atoms with Crippen LogP contribution in [-0.2, 0) is 17.6 Å². The van der Waals surface area contributed by atoms with Crippen LogP contribution in [0.2, 0.25) is 0 Å². The van der Waals surface area contributed by atoms with Gasteiger partial charge in [0.2, 0.25) is 0 Å². The molecule has 192 valence electrons. The van der Waals surface area contributed by atoms with E-state index < -0.39 is 0 Å². The molecule has 0 spiro atoms. The van der Waals surface area contributed by atoms with Crippen molar-refractivity contribution in [2.75, 3.05) is 13.1 Å². The molecule has 0 saturated carbocycles. The first-order valence-electron chi connectivity index (χ1n) is 13.1. The number of carbonyl (C=O) groups is 1. The SMILES string of the molecule is CCCC(C)=O.CCCc1c(C2CCNCC2)ccnc1C.CCc1cc(F)c2nc(C)cn2c1. The maximum absolute atomic E-state index is 13.4. The average molecular weight is 483 g/mol. The summed E-state index contributed by atoms with van der Waals surface area (Å²) >= 11 is 0. The van der Waals surface area contributed by atoms with Crippen LogP contribution in [0.25, 0.3) is 5.65 Å². The van der Waals surface area contributed by atoms with Crippen LogP contribution in [-0.4, -0.2) is 33.2 Å². The quantitative estimate of drug-likeness (QED) is 0.434. The fourth-order valence-electron chi connectivity index (χ4n) is 4.49. The Bertz CT molecular complexity index is 1070. The third-order valence-corrected chi connectivity index (χ3v) is 6.28. The zero-order valence-corrected chi connectivity index (χ0v) is 22.5. The van der Waals surface area contributed by atoms with Crippen molar-refractivity contribution in [3.63, 3.8) is 0 Å². The minimum absolute atomic E-state index is 0.243. The first-order valence-corrected chi connectivity index (χ1v) is 13.1. The highest BCUT2D eigenvalue weighted by Crippen LogP contribution is 2.29. The molecule has 0 amide bonds. The van der Waals surface area contributed by atoms with E-state index in [2.05, 4.69) is 35.2 Å². The summed E-state index contributed by atoms with van der Waals surface area (Å²) in [5, 5.41) is 3.43. The van der Waals surface area contributed by atoms with Crippen molar-refractivity contribution in [2.24, 2.45) is 0 Å². The summed E-state index contributed by atoms with van der Waals surface area (Å²) in [6, 6.07) is 3.79. The number of halogens is 1. The molecule has 4 heterocycles. The molecule has 0 atom stereocenters. The van der Waals surface area contributed by atoms with Gasteiger partial charge < -0.3 is 14.5 Å². The van der Waals surface area contributed by atoms with Crippen molar-refractivity contribution in [1.29, 1.82) is 0 Å². The molecule has 5 nitrogen and oxygen atoms in total. The molecule has 1 aliphatic rings. The van der Waals surface area contributed by atoms with Gasteiger partial charge in [-0.2, -0.15) is 0 Å². The zero-order chi connectivity index (χ0) is 25.8. The van der Waals surface area contributed by atoms with E-state index in [1.165, 1.54) is 36.9 Å². The van der Waals surface area contributed by atoms with Gasteiger partial charge in [0, 0.05) is 30.7 Å². The number of piperidine rings is 1. The molecule has 1 fully saturated rings. The summed E-state index contributed by atoms with van der Waals surface area (Å²) in [6.45, 7) is 14.2. The highest BCUT2D eigenvalue weighted by molar-refractivity contribution is 5.75. The Morgan fingerprint density at radius 1 is 1.14 bits per heavy atom. The van der Waals surface area contributed by atoms with Crippen molar-refractivity contribution in [1.82, 2.24) is 19.7 Å². The predicted molar refractivity (Wildman–Crippen MR) is 143 cm³/mol. The van der Waals surface area contributed by atoms with Crippen molar-refractivity contribution in [3.05, 3.63) is 64.6 Å². The smallest absolute Gasteiger partial charge is 0.173 e. The van der Waals surface area contributed by atoms with Gasteiger partial charge in [-0.3, -0.25) is 4.98 Å². The standard InChI is InChI=1S/C14H22N2.C10H11FN2.C5H10O/c1-3-4-13-11(2)16-10-7-14(13)12-5-8-15-9-6-12;1-3-8-4-9(11)10-12-7(2)5-13(10)6-8;1-3-4-5(2)6/h7,10,12,15H,3-6,8-9H2,1-2H3;4-6H,3H2,1-2H3;3-4H2,1-2H3. The molecular weight excluding hydrogens is 439 g/mol. The second kappa shape index (κ2) is 14.7. The molecule has 1 N–H and O–H groups in total. The maximum Gasteiger partial charge on any atom is 0.173 e. The number of ketones is 1. The number of hydrogen-bond donors (Lipinski definition) is 1. The normalized spacial score (nSPS) is 13.6. The molecule has 4 rings (SSSR count). The van der Waals surface area contributed by atoms with Crippen LogP contribution in [0.1, 0.15) is 93.8 Å². The van der Waals surface area contributed by atoms with Gasteiger partial charge in [-0.15, -0.1) is 0 Å². The lowest BCUT2D eigenvalue weighted by atomic mass is 9.86. The summed E-state index contributed by atoms with van der Waals surface area (Å²) < 4.78 is 15.1. The Morgan fingerprint density at radius 3 is 2.43 bits per heavy atom. The molecular formula is C29H43FN4O. The molecule has 0 aromatic carbocycles. The van der Waals surface area contributed by atoms with Crippen LogP contribution in [0, 0.1) is 19.7 Å². The molecule has 3 aromatic rings. The Morgan fingerprint density at radius 2 is 1.86 bits per heavy atom. The van der Waals surface area contributed by atoms with Gasteiger partial charge in [-0.05, 0) is 101 Å². The lowest BCUT2D eigenvalue weighted by Gasteiger charge is -2.25. The number of fused-ring (bicyclic) bond motifs is 1. The third-order valence-electron chi connectivity index (χ3n) is 6.28. The molecule has 0 radical (unpaired) electrons. The second-order valence-electron chi connectivity index (χ2n) is 9.35. The van der Waals surface area contributed by atoms with Crippen LogP contribution in [0.3, 0.4) is 0 Å². The molecule has 0 aliphatic carbocycles. The third kappa shape index (κ3) is 8.84. The average Bonchev–Trinajstić information content (AvgIpc) is 3.22. The van der Waals surface area contributed by atoms with E-state index >= 15 is 0 Å². The first-order chi connectivity index (χ1) is 16.8. The number of aromatic nitrogens is 3. The number of hydrogen-bond acceptors (Lipinski definition) is 4. The van der Waals surface area contributed by atoms with E-state index in [1.807, 2.05) is 39.4 Å². The Hall–Kier alpha value is -2.60. The number of imidazole rings is 1. The highest BCUT2D eigenvalue weighted by atomic mass is 19.1. The Labute approximate surface area is 210 Å². The van der Waals surface area contributed by atoms with E-state index in [0.29, 0.717) is 5.65 Å². The first kappa shape index (κ1) is 28.6. The van der Waals surface area contributed by atoms with Crippen molar-refractivity contribution in [2.45, 2.75) is 92.4 Å². The van der Waals surface area contributed by atoms with Gasteiger partial charge in [0.15, 0.2) is 11.5 Å². The van der Waals surface area contributed by atoms with Crippen molar-refractivity contribution in [3.8, 4) is 0 Å². The Kier molecular flexibility index (Phi) is 12.0. The van der Waals surface area contributed by atoms with Crippen LogP contribution >= 0.6 is 0 Å². The number of pyridine rings is 2. The fraction of sp³-hybridized carbons (Fsp3) is 0.552. The van der Waals surface area contributed by atoms with Gasteiger partial charge >= 0.3 is 0 Å². The van der Waals surface area contributed by atoms with Gasteiger partial charge in [0.25, 0.3) is 0 Å². The number of Topliss-reactive ketones (excluding diaryl/α,β-unsaturated/α-hetero) is 1. The number of aryl methyl sites for hydroxylation is 3. The van der Waals surface area contributed by atoms with E-state index in [4.69, 9.17) is 0 Å². The summed E-state index contributed by atoms with van der Waals surface area (Å²) in [5.41, 5.74) is 6.55. The van der Waals surface area contributed by atoms with E-state index in [0.717, 1.165) is 49.5 Å². The molecule has 0 bridgehead atoms. The summed E-state index contributed by atoms with van der Waals surface area (Å²) in [7, 11) is 0. The lowest BCUT2D eigenvalue weighted by molar-refractivity contribution is -0.117. The highest BCUT2D eigenvalue weighted by Gasteiger charge is 2.18. The fourth-order valence-corrected chi connectivity index (χ4v) is 4.49. The largest absolute Gasteiger partial charge is 0.317 e. The summed E-state index contributed by atoms with van der Waals surface area (Å²) in [6.07, 6.45) is 13.2. The summed E-state index contributed by atoms with van der Waals surface area (Å²) in [4.78, 5) is 18.6. The summed E-state index contributed by atoms with van der Waals surface area (Å²) in [5.74, 6) is 0.800. The van der Waals surface area contributed by atoms with Crippen LogP contribution in [0.4, 0.5) is 4.39 Å². The van der Waals surface area contributed by atoms with Gasteiger partial charge in [0.1, 0.15) is 5.78 Å². The lowest BCUT2D eigenvalue weighted by Crippen LogP contribution is -2.27. The number of nitrogens with one attached hydrogen (secondary N) is 1. The molecule has 35 heavy (non-hydrogen) atoms. The van der Waals surface area contributed by atoms with Crippen LogP contribution in [0.15, 0.2) is 30.7 Å². The zero-order valence-electron chi connectivity index (χ0n) is 22.5. The topological polar surface area (TPSA) is 59.3 Å². The van der Waals surface area contributed by atoms with Crippen molar-refractivity contribution < 1.29 is 9.18 Å². The minimum Gasteiger partial charge on any atom is -0.317 e. The Balaban J connectivity index is 0.000000204. The molecule has 0 unspecified atom stereocenters. The molecule has 3 aromatic heterocycles. The van der Waals surface area contributed by atoms with E-state index in [1.54, 1.807) is 23.0 Å². The molecule has 1 aliphatic heterocycles. The maximum atomic E-state index is 13.4. The molecule has 1 saturated heterocycles.